The van der Waals surface area contributed by atoms with Gasteiger partial charge in [0.2, 0.25) is 11.7 Å². The first-order chi connectivity index (χ1) is 20.9. The van der Waals surface area contributed by atoms with Crippen LogP contribution < -0.4 is 21.5 Å². The van der Waals surface area contributed by atoms with Crippen LogP contribution in [0.4, 0.5) is 20.3 Å². The van der Waals surface area contributed by atoms with Crippen LogP contribution in [0.3, 0.4) is 0 Å². The van der Waals surface area contributed by atoms with Crippen LogP contribution in [0.25, 0.3) is 22.2 Å². The van der Waals surface area contributed by atoms with E-state index >= 15 is 4.39 Å². The predicted molar refractivity (Wildman–Crippen MR) is 162 cm³/mol. The summed E-state index contributed by atoms with van der Waals surface area (Å²) in [5.41, 5.74) is 3.61. The molecule has 0 aliphatic carbocycles. The number of pyridine rings is 1. The van der Waals surface area contributed by atoms with E-state index in [1.165, 1.54) is 30.3 Å². The molecule has 12 nitrogen and oxygen atoms in total. The second-order valence-corrected chi connectivity index (χ2v) is 11.2. The highest BCUT2D eigenvalue weighted by molar-refractivity contribution is 6.33. The maximum atomic E-state index is 15.1. The second kappa shape index (κ2) is 12.2. The first kappa shape index (κ1) is 30.9. The van der Waals surface area contributed by atoms with E-state index in [2.05, 4.69) is 38.9 Å². The van der Waals surface area contributed by atoms with Gasteiger partial charge in [-0.3, -0.25) is 19.3 Å². The Labute approximate surface area is 255 Å². The fourth-order valence-electron chi connectivity index (χ4n) is 5.51. The van der Waals surface area contributed by atoms with Crippen LogP contribution in [0.2, 0.25) is 5.02 Å². The van der Waals surface area contributed by atoms with Crippen molar-refractivity contribution in [3.63, 3.8) is 0 Å². The molecule has 1 saturated heterocycles. The first-order valence-electron chi connectivity index (χ1n) is 13.9. The van der Waals surface area contributed by atoms with Gasteiger partial charge in [0.05, 0.1) is 34.2 Å². The smallest absolute Gasteiger partial charge is 0.263 e. The highest BCUT2D eigenvalue weighted by Crippen LogP contribution is 2.36. The molecule has 0 saturated carbocycles. The van der Waals surface area contributed by atoms with Gasteiger partial charge in [0.1, 0.15) is 18.0 Å². The van der Waals surface area contributed by atoms with Crippen molar-refractivity contribution in [3.8, 4) is 16.9 Å². The number of carbonyl (C=O) groups excluding carboxylic acids is 2. The number of nitrogens with one attached hydrogen (secondary N) is 1. The van der Waals surface area contributed by atoms with E-state index < -0.39 is 45.9 Å². The first-order valence-corrected chi connectivity index (χ1v) is 14.3. The summed E-state index contributed by atoms with van der Waals surface area (Å²) in [6, 6.07) is 2.73. The lowest BCUT2D eigenvalue weighted by molar-refractivity contribution is -0.116. The molecule has 4 N–H and O–H groups in total. The number of nitrogens with two attached hydrogens (primary N) is 1. The zero-order valence-electron chi connectivity index (χ0n) is 24.3. The summed E-state index contributed by atoms with van der Waals surface area (Å²) in [4.78, 5) is 51.5. The molecule has 1 fully saturated rings. The Balaban J connectivity index is 1.47. The molecule has 1 atom stereocenters. The lowest BCUT2D eigenvalue weighted by Crippen LogP contribution is -2.52. The van der Waals surface area contributed by atoms with E-state index in [1.807, 2.05) is 0 Å². The van der Waals surface area contributed by atoms with Crippen LogP contribution in [0.15, 0.2) is 35.6 Å². The highest BCUT2D eigenvalue weighted by atomic mass is 35.5. The van der Waals surface area contributed by atoms with E-state index in [9.17, 15) is 23.9 Å². The molecule has 4 heterocycles. The number of halogens is 3. The fourth-order valence-corrected chi connectivity index (χ4v) is 5.66. The average molecular weight is 629 g/mol. The van der Waals surface area contributed by atoms with Crippen LogP contribution in [0, 0.1) is 11.6 Å². The largest absolute Gasteiger partial charge is 0.504 e. The zero-order chi connectivity index (χ0) is 31.9. The zero-order valence-corrected chi connectivity index (χ0v) is 25.0. The SMILES string of the molecule is CCCN1CCN(c2cc(NC(=O)Cn3cc(-c4cc(C(N)=O)c(O)c(F)c4F)c4c(=O)n(C)cnc43)c(Cl)cn2)[C@@H](C)C1. The van der Waals surface area contributed by atoms with Gasteiger partial charge in [-0.15, -0.1) is 0 Å². The van der Waals surface area contributed by atoms with Crippen molar-refractivity contribution >= 4 is 46.0 Å². The van der Waals surface area contributed by atoms with Crippen LogP contribution in [-0.2, 0) is 18.4 Å². The number of carbonyl (C=O) groups is 2. The third-order valence-corrected chi connectivity index (χ3v) is 7.95. The van der Waals surface area contributed by atoms with Gasteiger partial charge in [0.15, 0.2) is 11.6 Å². The number of primary amides is 1. The third-order valence-electron chi connectivity index (χ3n) is 7.65. The van der Waals surface area contributed by atoms with Gasteiger partial charge in [0, 0.05) is 56.1 Å². The maximum absolute atomic E-state index is 15.1. The molecular weight excluding hydrogens is 598 g/mol. The average Bonchev–Trinajstić information content (AvgIpc) is 3.33. The van der Waals surface area contributed by atoms with Crippen LogP contribution >= 0.6 is 11.6 Å². The lowest BCUT2D eigenvalue weighted by Gasteiger charge is -2.40. The number of hydrogen-bond acceptors (Lipinski definition) is 8. The van der Waals surface area contributed by atoms with E-state index in [-0.39, 0.29) is 34.2 Å². The fraction of sp³-hybridized carbons (Fsp3) is 0.345. The Kier molecular flexibility index (Phi) is 8.57. The molecule has 232 valence electrons. The summed E-state index contributed by atoms with van der Waals surface area (Å²) in [6.07, 6.45) is 5.00. The number of amides is 2. The molecular formula is C29H31ClF2N8O4. The van der Waals surface area contributed by atoms with Crippen molar-refractivity contribution in [2.45, 2.75) is 32.9 Å². The molecule has 0 unspecified atom stereocenters. The minimum absolute atomic E-state index is 0.00653. The predicted octanol–water partition coefficient (Wildman–Crippen LogP) is 3.09. The Hall–Kier alpha value is -4.56. The standard InChI is InChI=1S/C29H31ClF2N8O4/c1-4-5-38-6-7-40(15(2)11-38)21-9-20(19(30)10-34-21)36-22(41)13-39-12-18(23-28(39)35-14-37(3)29(23)44)16-8-17(27(33)43)26(42)25(32)24(16)31/h8-10,12,14-15,42H,4-7,11,13H2,1-3H3,(H2,33,43)(H,34,36,41)/t15-/m0/s1. The number of rotatable bonds is 8. The molecule has 0 spiro atoms. The van der Waals surface area contributed by atoms with Gasteiger partial charge < -0.3 is 30.2 Å². The molecule has 4 aromatic rings. The number of piperazine rings is 1. The van der Waals surface area contributed by atoms with Crippen LogP contribution in [0.1, 0.15) is 30.6 Å². The van der Waals surface area contributed by atoms with E-state index in [0.29, 0.717) is 11.5 Å². The molecule has 2 amide bonds. The molecule has 1 aliphatic rings. The number of fused-ring (bicyclic) bond motifs is 1. The summed E-state index contributed by atoms with van der Waals surface area (Å²) in [5.74, 6) is -5.57. The maximum Gasteiger partial charge on any atom is 0.263 e. The summed E-state index contributed by atoms with van der Waals surface area (Å²) < 4.78 is 32.1. The van der Waals surface area contributed by atoms with Gasteiger partial charge in [0.25, 0.3) is 11.5 Å². The Morgan fingerprint density at radius 3 is 2.61 bits per heavy atom. The summed E-state index contributed by atoms with van der Waals surface area (Å²) in [5, 5.41) is 12.7. The van der Waals surface area contributed by atoms with Crippen molar-refractivity contribution in [2.24, 2.45) is 12.8 Å². The molecule has 0 bridgehead atoms. The number of hydrogen-bond donors (Lipinski definition) is 3. The number of nitrogens with zero attached hydrogens (tertiary/aromatic N) is 6. The van der Waals surface area contributed by atoms with Gasteiger partial charge in [-0.05, 0) is 26.0 Å². The molecule has 44 heavy (non-hydrogen) atoms. The molecule has 1 aromatic carbocycles. The Morgan fingerprint density at radius 2 is 1.93 bits per heavy atom. The van der Waals surface area contributed by atoms with E-state index in [1.54, 1.807) is 6.07 Å². The number of benzene rings is 1. The molecule has 1 aliphatic heterocycles. The molecule has 15 heteroatoms. The minimum atomic E-state index is -1.71. The number of aromatic nitrogens is 4. The number of phenols is 1. The van der Waals surface area contributed by atoms with Crippen molar-refractivity contribution in [1.29, 1.82) is 0 Å². The molecule has 5 rings (SSSR count). The van der Waals surface area contributed by atoms with E-state index in [0.717, 1.165) is 43.2 Å². The third kappa shape index (κ3) is 5.69. The number of anilines is 2. The number of aromatic hydroxyl groups is 1. The quantitative estimate of drug-likeness (QED) is 0.269. The van der Waals surface area contributed by atoms with Gasteiger partial charge >= 0.3 is 0 Å². The van der Waals surface area contributed by atoms with Crippen LogP contribution in [0.5, 0.6) is 5.75 Å². The second-order valence-electron chi connectivity index (χ2n) is 10.8. The Bertz CT molecular complexity index is 1840. The summed E-state index contributed by atoms with van der Waals surface area (Å²) >= 11 is 6.38. The lowest BCUT2D eigenvalue weighted by atomic mass is 10.0. The van der Waals surface area contributed by atoms with Gasteiger partial charge in [-0.2, -0.15) is 4.39 Å². The van der Waals surface area contributed by atoms with Crippen molar-refractivity contribution in [1.82, 2.24) is 24.0 Å². The highest BCUT2D eigenvalue weighted by Gasteiger charge is 2.27. The van der Waals surface area contributed by atoms with Crippen LogP contribution in [-0.4, -0.2) is 73.1 Å². The number of aryl methyl sites for hydroxylation is 1. The van der Waals surface area contributed by atoms with Crippen molar-refractivity contribution in [3.05, 3.63) is 63.4 Å². The molecule has 0 radical (unpaired) electrons. The topological polar surface area (TPSA) is 152 Å². The summed E-state index contributed by atoms with van der Waals surface area (Å²) in [6.45, 7) is 7.40. The van der Waals surface area contributed by atoms with Crippen molar-refractivity contribution < 1.29 is 23.5 Å². The summed E-state index contributed by atoms with van der Waals surface area (Å²) in [7, 11) is 1.42. The Morgan fingerprint density at radius 1 is 1.18 bits per heavy atom. The van der Waals surface area contributed by atoms with Gasteiger partial charge in [-0.1, -0.05) is 18.5 Å². The minimum Gasteiger partial charge on any atom is -0.504 e. The van der Waals surface area contributed by atoms with Crippen molar-refractivity contribution in [2.75, 3.05) is 36.4 Å². The van der Waals surface area contributed by atoms with Gasteiger partial charge in [-0.25, -0.2) is 14.4 Å². The normalized spacial score (nSPS) is 15.6. The van der Waals surface area contributed by atoms with E-state index in [4.69, 9.17) is 17.3 Å². The molecule has 3 aromatic heterocycles. The monoisotopic (exact) mass is 628 g/mol.